The number of anilines is 1. The third-order valence-corrected chi connectivity index (χ3v) is 4.72. The summed E-state index contributed by atoms with van der Waals surface area (Å²) >= 11 is 0. The Bertz CT molecular complexity index is 1180. The number of rotatable bonds is 6. The minimum atomic E-state index is -0.333. The maximum absolute atomic E-state index is 13.0. The Kier molecular flexibility index (Phi) is 5.57. The van der Waals surface area contributed by atoms with Gasteiger partial charge in [-0.3, -0.25) is 9.59 Å². The van der Waals surface area contributed by atoms with Crippen LogP contribution in [-0.2, 0) is 17.8 Å². The van der Waals surface area contributed by atoms with Crippen molar-refractivity contribution in [3.8, 4) is 0 Å². The van der Waals surface area contributed by atoms with Crippen LogP contribution in [0.3, 0.4) is 0 Å². The fourth-order valence-electron chi connectivity index (χ4n) is 3.20. The maximum atomic E-state index is 13.0. The highest BCUT2D eigenvalue weighted by Crippen LogP contribution is 2.20. The first-order chi connectivity index (χ1) is 14.6. The Labute approximate surface area is 172 Å². The lowest BCUT2D eigenvalue weighted by molar-refractivity contribution is -0.115. The molecule has 0 saturated heterocycles. The van der Waals surface area contributed by atoms with Gasteiger partial charge in [-0.25, -0.2) is 4.39 Å². The topological polar surface area (TPSA) is 74.0 Å². The summed E-state index contributed by atoms with van der Waals surface area (Å²) in [4.78, 5) is 27.8. The van der Waals surface area contributed by atoms with Gasteiger partial charge in [0.15, 0.2) is 0 Å². The minimum Gasteiger partial charge on any atom is -0.351 e. The van der Waals surface area contributed by atoms with Gasteiger partial charge in [0.1, 0.15) is 11.5 Å². The van der Waals surface area contributed by atoms with Crippen LogP contribution in [0.1, 0.15) is 21.6 Å². The molecule has 3 aromatic carbocycles. The average molecular weight is 401 g/mol. The number of H-pyrrole nitrogens is 1. The Morgan fingerprint density at radius 3 is 2.40 bits per heavy atom. The van der Waals surface area contributed by atoms with Crippen LogP contribution in [0, 0.1) is 5.82 Å². The lowest BCUT2D eigenvalue weighted by Gasteiger charge is -2.05. The van der Waals surface area contributed by atoms with E-state index < -0.39 is 0 Å². The van der Waals surface area contributed by atoms with Crippen LogP contribution in [-0.4, -0.2) is 16.8 Å². The molecule has 0 aliphatic heterocycles. The zero-order valence-electron chi connectivity index (χ0n) is 16.1. The quantitative estimate of drug-likeness (QED) is 0.447. The highest BCUT2D eigenvalue weighted by molar-refractivity contribution is 6.00. The number of hydrogen-bond donors (Lipinski definition) is 3. The number of hydrogen-bond acceptors (Lipinski definition) is 2. The van der Waals surface area contributed by atoms with Gasteiger partial charge in [-0.2, -0.15) is 0 Å². The molecule has 0 fully saturated rings. The lowest BCUT2D eigenvalue weighted by Crippen LogP contribution is -2.22. The Balaban J connectivity index is 1.41. The van der Waals surface area contributed by atoms with E-state index in [0.717, 1.165) is 22.0 Å². The number of carbonyl (C=O) groups excluding carboxylic acids is 2. The maximum Gasteiger partial charge on any atom is 0.267 e. The van der Waals surface area contributed by atoms with Crippen LogP contribution < -0.4 is 10.6 Å². The number of carbonyl (C=O) groups is 2. The molecule has 0 radical (unpaired) electrons. The Morgan fingerprint density at radius 2 is 1.63 bits per heavy atom. The van der Waals surface area contributed by atoms with Crippen molar-refractivity contribution < 1.29 is 14.0 Å². The van der Waals surface area contributed by atoms with Crippen LogP contribution in [0.4, 0.5) is 10.1 Å². The van der Waals surface area contributed by atoms with Crippen molar-refractivity contribution >= 4 is 28.4 Å². The predicted octanol–water partition coefficient (Wildman–Crippen LogP) is 4.42. The molecule has 0 saturated carbocycles. The number of benzene rings is 3. The molecule has 1 heterocycles. The summed E-state index contributed by atoms with van der Waals surface area (Å²) in [5.74, 6) is -0.727. The second-order valence-corrected chi connectivity index (χ2v) is 7.00. The first kappa shape index (κ1) is 19.4. The van der Waals surface area contributed by atoms with Crippen LogP contribution >= 0.6 is 0 Å². The first-order valence-corrected chi connectivity index (χ1v) is 9.56. The molecule has 0 bridgehead atoms. The molecule has 0 aliphatic carbocycles. The molecule has 30 heavy (non-hydrogen) atoms. The van der Waals surface area contributed by atoms with Gasteiger partial charge in [-0.15, -0.1) is 0 Å². The highest BCUT2D eigenvalue weighted by atomic mass is 19.1. The molecule has 6 heteroatoms. The van der Waals surface area contributed by atoms with E-state index in [-0.39, 0.29) is 24.1 Å². The number of halogens is 1. The van der Waals surface area contributed by atoms with Crippen molar-refractivity contribution in [1.29, 1.82) is 0 Å². The summed E-state index contributed by atoms with van der Waals surface area (Å²) in [5.41, 5.74) is 3.64. The predicted molar refractivity (Wildman–Crippen MR) is 115 cm³/mol. The van der Waals surface area contributed by atoms with Crippen molar-refractivity contribution in [2.24, 2.45) is 0 Å². The fraction of sp³-hybridized carbons (Fsp3) is 0.0833. The molecule has 0 unspecified atom stereocenters. The van der Waals surface area contributed by atoms with Gasteiger partial charge in [0, 0.05) is 23.1 Å². The zero-order valence-corrected chi connectivity index (χ0v) is 16.1. The summed E-state index contributed by atoms with van der Waals surface area (Å²) in [6.07, 6.45) is 0.151. The van der Waals surface area contributed by atoms with E-state index >= 15 is 0 Å². The zero-order chi connectivity index (χ0) is 20.9. The second-order valence-electron chi connectivity index (χ2n) is 7.00. The van der Waals surface area contributed by atoms with Crippen molar-refractivity contribution in [1.82, 2.24) is 10.3 Å². The van der Waals surface area contributed by atoms with Crippen molar-refractivity contribution in [3.63, 3.8) is 0 Å². The Hall–Kier alpha value is -3.93. The lowest BCUT2D eigenvalue weighted by atomic mass is 10.1. The van der Waals surface area contributed by atoms with Crippen LogP contribution in [0.5, 0.6) is 0 Å². The van der Waals surface area contributed by atoms with Crippen molar-refractivity contribution in [3.05, 3.63) is 102 Å². The van der Waals surface area contributed by atoms with Gasteiger partial charge >= 0.3 is 0 Å². The van der Waals surface area contributed by atoms with E-state index in [1.165, 1.54) is 12.1 Å². The summed E-state index contributed by atoms with van der Waals surface area (Å²) < 4.78 is 13.0. The van der Waals surface area contributed by atoms with E-state index in [2.05, 4.69) is 15.6 Å². The highest BCUT2D eigenvalue weighted by Gasteiger charge is 2.11. The summed E-state index contributed by atoms with van der Waals surface area (Å²) in [6, 6.07) is 22.7. The molecule has 2 amide bonds. The fourth-order valence-corrected chi connectivity index (χ4v) is 3.20. The van der Waals surface area contributed by atoms with Crippen molar-refractivity contribution in [2.75, 3.05) is 5.32 Å². The van der Waals surface area contributed by atoms with Crippen molar-refractivity contribution in [2.45, 2.75) is 13.0 Å². The molecule has 4 rings (SSSR count). The van der Waals surface area contributed by atoms with E-state index in [9.17, 15) is 14.0 Å². The molecule has 0 atom stereocenters. The molecule has 150 valence electrons. The number of nitrogens with one attached hydrogen (secondary N) is 3. The van der Waals surface area contributed by atoms with Gasteiger partial charge in [0.05, 0.1) is 6.42 Å². The van der Waals surface area contributed by atoms with Gasteiger partial charge < -0.3 is 15.6 Å². The van der Waals surface area contributed by atoms with Gasteiger partial charge in [0.2, 0.25) is 5.91 Å². The number of amides is 2. The third kappa shape index (κ3) is 4.72. The Morgan fingerprint density at radius 1 is 0.867 bits per heavy atom. The van der Waals surface area contributed by atoms with E-state index in [1.54, 1.807) is 24.3 Å². The standard InChI is InChI=1S/C24H20FN3O2/c25-19-8-6-16(7-9-19)12-23(29)27-20-10-11-21-18(13-20)14-22(28-21)24(30)26-15-17-4-2-1-3-5-17/h1-11,13-14,28H,12,15H2,(H,26,30)(H,27,29). The average Bonchev–Trinajstić information content (AvgIpc) is 3.18. The van der Waals surface area contributed by atoms with Gasteiger partial charge in [-0.1, -0.05) is 42.5 Å². The normalized spacial score (nSPS) is 10.7. The molecule has 1 aromatic heterocycles. The van der Waals surface area contributed by atoms with Gasteiger partial charge in [0.25, 0.3) is 5.91 Å². The minimum absolute atomic E-state index is 0.151. The molecule has 0 spiro atoms. The third-order valence-electron chi connectivity index (χ3n) is 4.72. The van der Waals surface area contributed by atoms with Gasteiger partial charge in [-0.05, 0) is 47.5 Å². The number of aromatic amines is 1. The molecule has 4 aromatic rings. The SMILES string of the molecule is O=C(Cc1ccc(F)cc1)Nc1ccc2[nH]c(C(=O)NCc3ccccc3)cc2c1. The van der Waals surface area contributed by atoms with E-state index in [4.69, 9.17) is 0 Å². The molecule has 0 aliphatic rings. The second kappa shape index (κ2) is 8.61. The van der Waals surface area contributed by atoms with E-state index in [1.807, 2.05) is 42.5 Å². The number of aromatic nitrogens is 1. The molecular formula is C24H20FN3O2. The number of fused-ring (bicyclic) bond motifs is 1. The molecule has 3 N–H and O–H groups in total. The molecule has 5 nitrogen and oxygen atoms in total. The largest absolute Gasteiger partial charge is 0.351 e. The summed E-state index contributed by atoms with van der Waals surface area (Å²) in [6.45, 7) is 0.444. The van der Waals surface area contributed by atoms with Crippen LogP contribution in [0.25, 0.3) is 10.9 Å². The summed E-state index contributed by atoms with van der Waals surface area (Å²) in [5, 5.41) is 6.54. The van der Waals surface area contributed by atoms with Crippen LogP contribution in [0.2, 0.25) is 0 Å². The summed E-state index contributed by atoms with van der Waals surface area (Å²) in [7, 11) is 0. The molecular weight excluding hydrogens is 381 g/mol. The van der Waals surface area contributed by atoms with E-state index in [0.29, 0.717) is 17.9 Å². The smallest absolute Gasteiger partial charge is 0.267 e. The first-order valence-electron chi connectivity index (χ1n) is 9.56. The monoisotopic (exact) mass is 401 g/mol. The van der Waals surface area contributed by atoms with Crippen LogP contribution in [0.15, 0.2) is 78.9 Å².